The number of nitrogens with one attached hydrogen (secondary N) is 4. The van der Waals surface area contributed by atoms with Gasteiger partial charge in [0.2, 0.25) is 0 Å². The average molecular weight is 571 g/mol. The van der Waals surface area contributed by atoms with Gasteiger partial charge in [-0.3, -0.25) is 9.59 Å². The van der Waals surface area contributed by atoms with Crippen molar-refractivity contribution >= 4 is 42.3 Å². The van der Waals surface area contributed by atoms with E-state index in [9.17, 15) is 19.8 Å². The summed E-state index contributed by atoms with van der Waals surface area (Å²) in [5.41, 5.74) is 7.98. The summed E-state index contributed by atoms with van der Waals surface area (Å²) in [6.45, 7) is 16.8. The number of carboxylic acid groups (broad SMARTS) is 2. The number of rotatable bonds is 8. The number of aliphatic carboxylic acids is 2. The third-order valence-corrected chi connectivity index (χ3v) is 9.59. The normalized spacial score (nSPS) is 30.3. The summed E-state index contributed by atoms with van der Waals surface area (Å²) in [6, 6.07) is 0.0393. The summed E-state index contributed by atoms with van der Waals surface area (Å²) in [5.74, 6) is -1.15. The molecule has 42 heavy (non-hydrogen) atoms. The molecule has 2 fully saturated rings. The molecule has 0 saturated carbocycles. The largest absolute Gasteiger partial charge is 0.481 e. The molecule has 0 amide bonds. The first-order valence-electron chi connectivity index (χ1n) is 14.8. The molecule has 0 radical (unpaired) electrons. The quantitative estimate of drug-likeness (QED) is 0.265. The fraction of sp³-hybridized carbons (Fsp3) is 0.412. The Balaban J connectivity index is 1.75. The van der Waals surface area contributed by atoms with Crippen molar-refractivity contribution in [3.8, 4) is 0 Å². The molecular formula is C34H42N4O4. The van der Waals surface area contributed by atoms with Crippen LogP contribution >= 0.6 is 0 Å². The molecule has 6 atom stereocenters. The predicted octanol–water partition coefficient (Wildman–Crippen LogP) is 4.08. The van der Waals surface area contributed by atoms with E-state index >= 15 is 0 Å². The number of carboxylic acids is 2. The van der Waals surface area contributed by atoms with Gasteiger partial charge in [-0.15, -0.1) is 6.58 Å². The highest BCUT2D eigenvalue weighted by Crippen LogP contribution is 2.38. The summed E-state index contributed by atoms with van der Waals surface area (Å²) in [7, 11) is 0. The SMILES string of the molecule is C=Cc1c(C)/c2[nH]/c1=C/C1N/C(=C\c3[nH]c(c(CCC(=O)O)c3C)/C=C3\NC(\C=2)C(C)C3CCC(=O)O)C(C=C)C1C. The number of allylic oxidation sites excluding steroid dienone is 2. The van der Waals surface area contributed by atoms with Gasteiger partial charge in [-0.1, -0.05) is 32.6 Å². The number of H-pyrrole nitrogens is 2. The second-order valence-electron chi connectivity index (χ2n) is 12.0. The minimum absolute atomic E-state index is 0.000353. The third-order valence-electron chi connectivity index (χ3n) is 9.59. The molecule has 8 nitrogen and oxygen atoms in total. The molecule has 3 aliphatic heterocycles. The van der Waals surface area contributed by atoms with Crippen molar-refractivity contribution in [1.29, 1.82) is 0 Å². The molecule has 5 heterocycles. The van der Waals surface area contributed by atoms with Gasteiger partial charge in [-0.2, -0.15) is 0 Å². The summed E-state index contributed by atoms with van der Waals surface area (Å²) in [5, 5.41) is 28.5. The Labute approximate surface area is 246 Å². The van der Waals surface area contributed by atoms with E-state index < -0.39 is 11.9 Å². The number of fused-ring (bicyclic) bond motifs is 8. The second kappa shape index (κ2) is 11.6. The fourth-order valence-corrected chi connectivity index (χ4v) is 6.99. The van der Waals surface area contributed by atoms with Crippen LogP contribution in [-0.2, 0) is 16.0 Å². The fourth-order valence-electron chi connectivity index (χ4n) is 6.99. The van der Waals surface area contributed by atoms with E-state index in [1.807, 2.05) is 19.1 Å². The van der Waals surface area contributed by atoms with Gasteiger partial charge in [0.15, 0.2) is 0 Å². The Morgan fingerprint density at radius 1 is 0.857 bits per heavy atom. The van der Waals surface area contributed by atoms with Gasteiger partial charge in [-0.05, 0) is 79.5 Å². The van der Waals surface area contributed by atoms with Crippen molar-refractivity contribution in [2.45, 2.75) is 65.5 Å². The molecule has 0 aliphatic carbocycles. The van der Waals surface area contributed by atoms with Crippen LogP contribution in [0, 0.1) is 37.5 Å². The number of carbonyl (C=O) groups is 2. The Hall–Kier alpha value is -4.20. The monoisotopic (exact) mass is 570 g/mol. The lowest BCUT2D eigenvalue weighted by atomic mass is 9.86. The van der Waals surface area contributed by atoms with E-state index in [1.165, 1.54) is 0 Å². The first-order chi connectivity index (χ1) is 20.0. The van der Waals surface area contributed by atoms with E-state index in [2.05, 4.69) is 78.8 Å². The van der Waals surface area contributed by atoms with E-state index in [0.717, 1.165) is 55.7 Å². The average Bonchev–Trinajstić information content (AvgIpc) is 3.59. The molecule has 5 rings (SSSR count). The van der Waals surface area contributed by atoms with E-state index in [0.29, 0.717) is 12.8 Å². The Morgan fingerprint density at radius 3 is 2.17 bits per heavy atom. The van der Waals surface area contributed by atoms with Crippen molar-refractivity contribution in [1.82, 2.24) is 20.6 Å². The zero-order chi connectivity index (χ0) is 30.3. The van der Waals surface area contributed by atoms with Gasteiger partial charge in [0.25, 0.3) is 0 Å². The molecule has 0 aromatic carbocycles. The number of hydrogen-bond acceptors (Lipinski definition) is 4. The summed E-state index contributed by atoms with van der Waals surface area (Å²) in [4.78, 5) is 30.4. The van der Waals surface area contributed by atoms with Crippen molar-refractivity contribution in [3.05, 3.63) is 75.0 Å². The molecule has 2 saturated heterocycles. The molecule has 0 spiro atoms. The Bertz CT molecular complexity index is 1620. The highest BCUT2D eigenvalue weighted by Gasteiger charge is 2.37. The molecule has 222 valence electrons. The van der Waals surface area contributed by atoms with Gasteiger partial charge >= 0.3 is 11.9 Å². The molecule has 6 N–H and O–H groups in total. The summed E-state index contributed by atoms with van der Waals surface area (Å²) < 4.78 is 0. The lowest BCUT2D eigenvalue weighted by molar-refractivity contribution is -0.138. The van der Waals surface area contributed by atoms with Crippen molar-refractivity contribution in [2.75, 3.05) is 0 Å². The molecule has 3 aliphatic rings. The lowest BCUT2D eigenvalue weighted by Gasteiger charge is -2.16. The van der Waals surface area contributed by atoms with Crippen LogP contribution in [-0.4, -0.2) is 44.2 Å². The predicted molar refractivity (Wildman–Crippen MR) is 167 cm³/mol. The Kier molecular flexibility index (Phi) is 8.08. The molecule has 8 heteroatoms. The molecule has 6 unspecified atom stereocenters. The van der Waals surface area contributed by atoms with Crippen LogP contribution in [0.15, 0.2) is 30.6 Å². The van der Waals surface area contributed by atoms with E-state index in [4.69, 9.17) is 0 Å². The zero-order valence-electron chi connectivity index (χ0n) is 24.9. The maximum atomic E-state index is 11.6. The second-order valence-corrected chi connectivity index (χ2v) is 12.0. The van der Waals surface area contributed by atoms with Crippen LogP contribution in [0.2, 0.25) is 0 Å². The highest BCUT2D eigenvalue weighted by atomic mass is 16.4. The number of aromatic nitrogens is 2. The van der Waals surface area contributed by atoms with Gasteiger partial charge < -0.3 is 30.8 Å². The van der Waals surface area contributed by atoms with Crippen LogP contribution < -0.4 is 21.3 Å². The molecular weight excluding hydrogens is 528 g/mol. The third kappa shape index (κ3) is 5.38. The van der Waals surface area contributed by atoms with E-state index in [-0.39, 0.29) is 48.6 Å². The smallest absolute Gasteiger partial charge is 0.303 e. The number of aromatic amines is 2. The maximum Gasteiger partial charge on any atom is 0.303 e. The standard InChI is InChI=1S/C34H42N4O4/c1-7-21-17(3)25-13-26-19(5)23(9-11-33(39)40)31(37-26)16-32-24(10-12-34(41)42)20(6)28(38-32)15-30-22(8-2)18(4)27(36-30)14-29(21)35-25/h7-8,13-16,18-19,22-23,26-27,35-38H,1-2,9-12H2,3-6H3,(H,39,40)(H,41,42)/b25-13-,29-14+,30-15-,31-16-. The van der Waals surface area contributed by atoms with Gasteiger partial charge in [0, 0.05) is 75.8 Å². The van der Waals surface area contributed by atoms with Gasteiger partial charge in [0.1, 0.15) is 0 Å². The van der Waals surface area contributed by atoms with Crippen LogP contribution in [0.1, 0.15) is 66.8 Å². The van der Waals surface area contributed by atoms with Crippen molar-refractivity contribution in [3.63, 3.8) is 0 Å². The van der Waals surface area contributed by atoms with Gasteiger partial charge in [0.05, 0.1) is 0 Å². The van der Waals surface area contributed by atoms with Gasteiger partial charge in [-0.25, -0.2) is 0 Å². The van der Waals surface area contributed by atoms with Crippen LogP contribution in [0.25, 0.3) is 30.4 Å². The molecule has 2 aromatic heterocycles. The maximum absolute atomic E-state index is 11.6. The zero-order valence-corrected chi connectivity index (χ0v) is 24.9. The van der Waals surface area contributed by atoms with Crippen molar-refractivity contribution < 1.29 is 19.8 Å². The first-order valence-corrected chi connectivity index (χ1v) is 14.8. The van der Waals surface area contributed by atoms with Crippen LogP contribution in [0.4, 0.5) is 0 Å². The van der Waals surface area contributed by atoms with Crippen LogP contribution in [0.5, 0.6) is 0 Å². The first kappa shape index (κ1) is 29.3. The molecule has 8 bridgehead atoms. The van der Waals surface area contributed by atoms with Crippen LogP contribution in [0.3, 0.4) is 0 Å². The lowest BCUT2D eigenvalue weighted by Crippen LogP contribution is -2.28. The Morgan fingerprint density at radius 2 is 1.50 bits per heavy atom. The minimum atomic E-state index is -0.843. The highest BCUT2D eigenvalue weighted by molar-refractivity contribution is 5.70. The van der Waals surface area contributed by atoms with E-state index in [1.54, 1.807) is 0 Å². The minimum Gasteiger partial charge on any atom is -0.481 e. The number of hydrogen-bond donors (Lipinski definition) is 6. The summed E-state index contributed by atoms with van der Waals surface area (Å²) in [6.07, 6.45) is 13.5. The molecule has 2 aromatic rings. The van der Waals surface area contributed by atoms with Crippen molar-refractivity contribution in [2.24, 2.45) is 23.7 Å². The topological polar surface area (TPSA) is 130 Å². The summed E-state index contributed by atoms with van der Waals surface area (Å²) >= 11 is 0.